The molecule has 21 heavy (non-hydrogen) atoms. The van der Waals surface area contributed by atoms with Crippen LogP contribution < -0.4 is 11.1 Å². The molecule has 0 unspecified atom stereocenters. The average Bonchev–Trinajstić information content (AvgIpc) is 3.19. The first kappa shape index (κ1) is 14.5. The Morgan fingerprint density at radius 1 is 1.24 bits per heavy atom. The molecule has 0 radical (unpaired) electrons. The molecule has 1 aliphatic rings. The number of nitrogens with two attached hydrogens (primary N) is 1. The maximum Gasteiger partial charge on any atom is 0.278 e. The van der Waals surface area contributed by atoms with Gasteiger partial charge in [0.2, 0.25) is 0 Å². The first-order valence-corrected chi connectivity index (χ1v) is 7.40. The van der Waals surface area contributed by atoms with E-state index in [-0.39, 0.29) is 10.7 Å². The molecule has 8 heteroatoms. The van der Waals surface area contributed by atoms with Crippen molar-refractivity contribution in [3.63, 3.8) is 0 Å². The number of nitrogen functional groups attached to an aromatic ring is 1. The van der Waals surface area contributed by atoms with E-state index in [1.165, 1.54) is 12.1 Å². The summed E-state index contributed by atoms with van der Waals surface area (Å²) in [6.45, 7) is 0. The monoisotopic (exact) mass is 344 g/mol. The minimum absolute atomic E-state index is 0.152. The molecule has 3 rings (SSSR count). The van der Waals surface area contributed by atoms with Crippen LogP contribution in [0.3, 0.4) is 0 Å². The Morgan fingerprint density at radius 3 is 2.57 bits per heavy atom. The zero-order valence-corrected chi connectivity index (χ0v) is 13.0. The summed E-state index contributed by atoms with van der Waals surface area (Å²) in [5.74, 6) is -0.0662. The van der Waals surface area contributed by atoms with Crippen LogP contribution in [0.4, 0.5) is 11.4 Å². The highest BCUT2D eigenvalue weighted by Gasteiger charge is 2.30. The lowest BCUT2D eigenvalue weighted by Crippen LogP contribution is -2.14. The minimum Gasteiger partial charge on any atom is -0.395 e. The molecule has 0 spiro atoms. The van der Waals surface area contributed by atoms with Gasteiger partial charge in [0.05, 0.1) is 32.1 Å². The molecule has 1 aromatic carbocycles. The lowest BCUT2D eigenvalue weighted by molar-refractivity contribution is 0.102. The molecule has 1 fully saturated rings. The number of carbonyl (C=O) groups is 1. The van der Waals surface area contributed by atoms with Gasteiger partial charge in [-0.15, -0.1) is 0 Å². The molecule has 4 N–H and O–H groups in total. The van der Waals surface area contributed by atoms with E-state index in [0.717, 1.165) is 18.5 Å². The largest absolute Gasteiger partial charge is 0.395 e. The Hall–Kier alpha value is -1.43. The molecule has 0 saturated heterocycles. The molecule has 1 aliphatic carbocycles. The molecule has 0 bridgehead atoms. The molecular weight excluding hydrogens is 335 g/mol. The number of aromatic nitrogens is 2. The summed E-state index contributed by atoms with van der Waals surface area (Å²) in [4.78, 5) is 12.2. The van der Waals surface area contributed by atoms with Gasteiger partial charge in [-0.05, 0) is 25.0 Å². The SMILES string of the molecule is Nc1c(C(=O)Nc2cc(Cl)c(Cl)cc2Cl)n[nH]c1C1CC1. The third kappa shape index (κ3) is 2.81. The molecule has 1 amide bonds. The van der Waals surface area contributed by atoms with Gasteiger partial charge in [0, 0.05) is 5.92 Å². The zero-order chi connectivity index (χ0) is 15.1. The van der Waals surface area contributed by atoms with Crippen LogP contribution in [-0.4, -0.2) is 16.1 Å². The second-order valence-electron chi connectivity index (χ2n) is 4.87. The lowest BCUT2D eigenvalue weighted by Gasteiger charge is -2.08. The summed E-state index contributed by atoms with van der Waals surface area (Å²) >= 11 is 17.8. The number of nitrogens with zero attached hydrogens (tertiary/aromatic N) is 1. The molecule has 1 saturated carbocycles. The molecule has 1 aromatic heterocycles. The van der Waals surface area contributed by atoms with Gasteiger partial charge in [0.1, 0.15) is 0 Å². The van der Waals surface area contributed by atoms with Gasteiger partial charge in [-0.3, -0.25) is 9.89 Å². The first-order valence-electron chi connectivity index (χ1n) is 6.27. The van der Waals surface area contributed by atoms with Gasteiger partial charge in [0.25, 0.3) is 5.91 Å². The number of benzene rings is 1. The van der Waals surface area contributed by atoms with Crippen molar-refractivity contribution in [2.45, 2.75) is 18.8 Å². The van der Waals surface area contributed by atoms with Crippen LogP contribution in [0, 0.1) is 0 Å². The Morgan fingerprint density at radius 2 is 1.90 bits per heavy atom. The average molecular weight is 346 g/mol. The topological polar surface area (TPSA) is 83.8 Å². The van der Waals surface area contributed by atoms with Gasteiger partial charge in [0.15, 0.2) is 5.69 Å². The van der Waals surface area contributed by atoms with E-state index < -0.39 is 5.91 Å². The molecule has 0 aliphatic heterocycles. The highest BCUT2D eigenvalue weighted by atomic mass is 35.5. The van der Waals surface area contributed by atoms with Crippen molar-refractivity contribution in [3.8, 4) is 0 Å². The summed E-state index contributed by atoms with van der Waals surface area (Å²) in [5.41, 5.74) is 7.66. The van der Waals surface area contributed by atoms with Crippen LogP contribution in [0.5, 0.6) is 0 Å². The van der Waals surface area contributed by atoms with Crippen molar-refractivity contribution >= 4 is 52.1 Å². The maximum absolute atomic E-state index is 12.2. The van der Waals surface area contributed by atoms with Crippen LogP contribution in [0.15, 0.2) is 12.1 Å². The van der Waals surface area contributed by atoms with E-state index >= 15 is 0 Å². The van der Waals surface area contributed by atoms with Crippen molar-refractivity contribution in [2.75, 3.05) is 11.1 Å². The Balaban J connectivity index is 1.85. The number of carbonyl (C=O) groups excluding carboxylic acids is 1. The van der Waals surface area contributed by atoms with Crippen LogP contribution >= 0.6 is 34.8 Å². The number of hydrogen-bond donors (Lipinski definition) is 3. The number of H-pyrrole nitrogens is 1. The molecule has 2 aromatic rings. The smallest absolute Gasteiger partial charge is 0.278 e. The summed E-state index contributed by atoms with van der Waals surface area (Å²) in [7, 11) is 0. The second-order valence-corrected chi connectivity index (χ2v) is 6.10. The van der Waals surface area contributed by atoms with Crippen molar-refractivity contribution in [3.05, 3.63) is 38.6 Å². The maximum atomic E-state index is 12.2. The number of rotatable bonds is 3. The quantitative estimate of drug-likeness (QED) is 0.733. The minimum atomic E-state index is -0.448. The Kier molecular flexibility index (Phi) is 3.73. The van der Waals surface area contributed by atoms with E-state index in [1.807, 2.05) is 0 Å². The highest BCUT2D eigenvalue weighted by Crippen LogP contribution is 2.42. The number of hydrogen-bond acceptors (Lipinski definition) is 3. The predicted molar refractivity (Wildman–Crippen MR) is 84.4 cm³/mol. The zero-order valence-electron chi connectivity index (χ0n) is 10.7. The van der Waals surface area contributed by atoms with Crippen molar-refractivity contribution in [1.82, 2.24) is 10.2 Å². The van der Waals surface area contributed by atoms with Crippen LogP contribution in [0.1, 0.15) is 34.9 Å². The van der Waals surface area contributed by atoms with Crippen molar-refractivity contribution < 1.29 is 4.79 Å². The van der Waals surface area contributed by atoms with E-state index in [9.17, 15) is 4.79 Å². The first-order chi connectivity index (χ1) is 9.97. The summed E-state index contributed by atoms with van der Waals surface area (Å²) < 4.78 is 0. The number of halogens is 3. The summed E-state index contributed by atoms with van der Waals surface area (Å²) in [5, 5.41) is 10.3. The van der Waals surface area contributed by atoms with Gasteiger partial charge in [-0.25, -0.2) is 0 Å². The fourth-order valence-corrected chi connectivity index (χ4v) is 2.61. The van der Waals surface area contributed by atoms with E-state index in [1.54, 1.807) is 0 Å². The molecule has 110 valence electrons. The van der Waals surface area contributed by atoms with Crippen molar-refractivity contribution in [1.29, 1.82) is 0 Å². The van der Waals surface area contributed by atoms with Crippen LogP contribution in [0.25, 0.3) is 0 Å². The van der Waals surface area contributed by atoms with Gasteiger partial charge >= 0.3 is 0 Å². The van der Waals surface area contributed by atoms with E-state index in [0.29, 0.717) is 27.3 Å². The molecule has 0 atom stereocenters. The summed E-state index contributed by atoms with van der Waals surface area (Å²) in [6.07, 6.45) is 2.12. The number of aromatic amines is 1. The third-order valence-corrected chi connectivity index (χ3v) is 4.33. The standard InChI is InChI=1S/C13H11Cl3N4O/c14-6-3-8(16)9(4-7(6)15)18-13(21)12-10(17)11(19-20-12)5-1-2-5/h3-5H,1-2,17H2,(H,18,21)(H,19,20). The van der Waals surface area contributed by atoms with Gasteiger partial charge in [-0.2, -0.15) is 5.10 Å². The molecule has 1 heterocycles. The molecular formula is C13H11Cl3N4O. The normalized spacial score (nSPS) is 14.2. The fourth-order valence-electron chi connectivity index (χ4n) is 2.02. The third-order valence-electron chi connectivity index (χ3n) is 3.29. The van der Waals surface area contributed by atoms with E-state index in [2.05, 4.69) is 15.5 Å². The second kappa shape index (κ2) is 5.40. The lowest BCUT2D eigenvalue weighted by atomic mass is 10.2. The number of amides is 1. The van der Waals surface area contributed by atoms with Crippen LogP contribution in [-0.2, 0) is 0 Å². The Labute approximate surface area is 135 Å². The van der Waals surface area contributed by atoms with E-state index in [4.69, 9.17) is 40.5 Å². The van der Waals surface area contributed by atoms with Gasteiger partial charge in [-0.1, -0.05) is 34.8 Å². The van der Waals surface area contributed by atoms with Gasteiger partial charge < -0.3 is 11.1 Å². The Bertz CT molecular complexity index is 724. The number of anilines is 2. The molecule has 5 nitrogen and oxygen atoms in total. The fraction of sp³-hybridized carbons (Fsp3) is 0.231. The van der Waals surface area contributed by atoms with Crippen molar-refractivity contribution in [2.24, 2.45) is 0 Å². The summed E-state index contributed by atoms with van der Waals surface area (Å²) in [6, 6.07) is 2.94. The predicted octanol–water partition coefficient (Wildman–Crippen LogP) is 4.08. The number of nitrogens with one attached hydrogen (secondary N) is 2. The highest BCUT2D eigenvalue weighted by molar-refractivity contribution is 6.44. The van der Waals surface area contributed by atoms with Crippen LogP contribution in [0.2, 0.25) is 15.1 Å².